The number of para-hydroxylation sites is 2. The fourth-order valence-electron chi connectivity index (χ4n) is 3.85. The van der Waals surface area contributed by atoms with Crippen molar-refractivity contribution >= 4 is 0 Å². The van der Waals surface area contributed by atoms with E-state index in [2.05, 4.69) is 4.90 Å². The van der Waals surface area contributed by atoms with E-state index >= 15 is 0 Å². The van der Waals surface area contributed by atoms with Gasteiger partial charge in [-0.25, -0.2) is 0 Å². The van der Waals surface area contributed by atoms with E-state index in [1.54, 1.807) is 0 Å². The number of ether oxygens (including phenoxy) is 3. The molecule has 2 fully saturated rings. The van der Waals surface area contributed by atoms with Crippen LogP contribution in [0.15, 0.2) is 24.3 Å². The Morgan fingerprint density at radius 2 is 2.00 bits per heavy atom. The van der Waals surface area contributed by atoms with E-state index in [9.17, 15) is 5.11 Å². The van der Waals surface area contributed by atoms with Gasteiger partial charge in [0.2, 0.25) is 0 Å². The van der Waals surface area contributed by atoms with Gasteiger partial charge >= 0.3 is 0 Å². The molecular formula is C19H29NO4. The van der Waals surface area contributed by atoms with Gasteiger partial charge in [-0.05, 0) is 44.9 Å². The minimum Gasteiger partial charge on any atom is -0.490 e. The lowest BCUT2D eigenvalue weighted by atomic mass is 9.89. The normalized spacial score (nSPS) is 28.0. The first-order chi connectivity index (χ1) is 11.8. The number of hydrogen-bond acceptors (Lipinski definition) is 5. The SMILES string of the molecule is CCOc1ccccc1OCCN1CCC[C@@H]1[C@@H]1COCC[C@@H]1O. The van der Waals surface area contributed by atoms with Crippen LogP contribution < -0.4 is 9.47 Å². The molecule has 3 atom stereocenters. The van der Waals surface area contributed by atoms with Crippen molar-refractivity contribution in [2.75, 3.05) is 39.5 Å². The lowest BCUT2D eigenvalue weighted by Gasteiger charge is -2.37. The maximum absolute atomic E-state index is 10.3. The monoisotopic (exact) mass is 335 g/mol. The summed E-state index contributed by atoms with van der Waals surface area (Å²) in [5, 5.41) is 10.3. The predicted octanol–water partition coefficient (Wildman–Crippen LogP) is 2.33. The van der Waals surface area contributed by atoms with Crippen molar-refractivity contribution in [2.45, 2.75) is 38.3 Å². The fourth-order valence-corrected chi connectivity index (χ4v) is 3.85. The average molecular weight is 335 g/mol. The third kappa shape index (κ3) is 4.21. The van der Waals surface area contributed by atoms with Gasteiger partial charge in [0.1, 0.15) is 6.61 Å². The molecule has 1 aromatic rings. The van der Waals surface area contributed by atoms with Crippen LogP contribution in [0.2, 0.25) is 0 Å². The number of aliphatic hydroxyl groups excluding tert-OH is 1. The number of rotatable bonds is 7. The van der Waals surface area contributed by atoms with Crippen LogP contribution in [0, 0.1) is 5.92 Å². The first kappa shape index (κ1) is 17.5. The van der Waals surface area contributed by atoms with Crippen LogP contribution in [-0.4, -0.2) is 61.7 Å². The van der Waals surface area contributed by atoms with Gasteiger partial charge in [0.05, 0.1) is 19.3 Å². The summed E-state index contributed by atoms with van der Waals surface area (Å²) in [6.45, 7) is 6.54. The molecule has 1 N–H and O–H groups in total. The van der Waals surface area contributed by atoms with E-state index in [0.717, 1.165) is 37.4 Å². The molecule has 3 rings (SSSR count). The fraction of sp³-hybridized carbons (Fsp3) is 0.684. The molecule has 2 saturated heterocycles. The van der Waals surface area contributed by atoms with Crippen LogP contribution >= 0.6 is 0 Å². The molecule has 2 heterocycles. The highest BCUT2D eigenvalue weighted by molar-refractivity contribution is 5.39. The highest BCUT2D eigenvalue weighted by Gasteiger charge is 2.37. The zero-order valence-electron chi connectivity index (χ0n) is 14.5. The summed E-state index contributed by atoms with van der Waals surface area (Å²) in [5.74, 6) is 1.84. The van der Waals surface area contributed by atoms with Crippen LogP contribution in [0.3, 0.4) is 0 Å². The zero-order valence-corrected chi connectivity index (χ0v) is 14.5. The second-order valence-corrected chi connectivity index (χ2v) is 6.57. The van der Waals surface area contributed by atoms with E-state index in [1.807, 2.05) is 31.2 Å². The molecule has 0 aromatic heterocycles. The molecule has 0 aliphatic carbocycles. The largest absolute Gasteiger partial charge is 0.490 e. The molecular weight excluding hydrogens is 306 g/mol. The Kier molecular flexibility index (Phi) is 6.35. The number of nitrogens with zero attached hydrogens (tertiary/aromatic N) is 1. The Balaban J connectivity index is 1.52. The van der Waals surface area contributed by atoms with Gasteiger partial charge in [-0.1, -0.05) is 12.1 Å². The third-order valence-corrected chi connectivity index (χ3v) is 5.06. The molecule has 24 heavy (non-hydrogen) atoms. The number of benzene rings is 1. The molecule has 0 amide bonds. The van der Waals surface area contributed by atoms with Gasteiger partial charge < -0.3 is 19.3 Å². The second-order valence-electron chi connectivity index (χ2n) is 6.57. The predicted molar refractivity (Wildman–Crippen MR) is 92.6 cm³/mol. The van der Waals surface area contributed by atoms with Crippen molar-refractivity contribution in [1.29, 1.82) is 0 Å². The van der Waals surface area contributed by atoms with E-state index < -0.39 is 0 Å². The maximum Gasteiger partial charge on any atom is 0.161 e. The van der Waals surface area contributed by atoms with Crippen molar-refractivity contribution in [3.8, 4) is 11.5 Å². The van der Waals surface area contributed by atoms with Crippen molar-refractivity contribution in [2.24, 2.45) is 5.92 Å². The number of hydrogen-bond donors (Lipinski definition) is 1. The van der Waals surface area contributed by atoms with E-state index in [1.165, 1.54) is 6.42 Å². The summed E-state index contributed by atoms with van der Waals surface area (Å²) in [7, 11) is 0. The molecule has 5 heteroatoms. The molecule has 2 aliphatic heterocycles. The Morgan fingerprint density at radius 3 is 2.75 bits per heavy atom. The first-order valence-corrected chi connectivity index (χ1v) is 9.14. The van der Waals surface area contributed by atoms with Crippen LogP contribution in [0.25, 0.3) is 0 Å². The van der Waals surface area contributed by atoms with Crippen LogP contribution in [0.5, 0.6) is 11.5 Å². The summed E-state index contributed by atoms with van der Waals surface area (Å²) in [5.41, 5.74) is 0. The highest BCUT2D eigenvalue weighted by atomic mass is 16.5. The van der Waals surface area contributed by atoms with Crippen LogP contribution in [-0.2, 0) is 4.74 Å². The minimum atomic E-state index is -0.232. The lowest BCUT2D eigenvalue weighted by molar-refractivity contribution is -0.0634. The minimum absolute atomic E-state index is 0.232. The summed E-state index contributed by atoms with van der Waals surface area (Å²) in [4.78, 5) is 2.45. The zero-order chi connectivity index (χ0) is 16.8. The maximum atomic E-state index is 10.3. The summed E-state index contributed by atoms with van der Waals surface area (Å²) in [6.07, 6.45) is 2.85. The molecule has 134 valence electrons. The van der Waals surface area contributed by atoms with Crippen molar-refractivity contribution in [3.63, 3.8) is 0 Å². The number of aliphatic hydroxyl groups is 1. The van der Waals surface area contributed by atoms with E-state index in [0.29, 0.717) is 32.5 Å². The molecule has 0 radical (unpaired) electrons. The quantitative estimate of drug-likeness (QED) is 0.829. The van der Waals surface area contributed by atoms with Crippen molar-refractivity contribution in [3.05, 3.63) is 24.3 Å². The first-order valence-electron chi connectivity index (χ1n) is 9.14. The van der Waals surface area contributed by atoms with Crippen LogP contribution in [0.4, 0.5) is 0 Å². The highest BCUT2D eigenvalue weighted by Crippen LogP contribution is 2.30. The van der Waals surface area contributed by atoms with Gasteiger partial charge in [0, 0.05) is 25.1 Å². The van der Waals surface area contributed by atoms with Gasteiger partial charge in [-0.2, -0.15) is 0 Å². The summed E-state index contributed by atoms with van der Waals surface area (Å²) in [6, 6.07) is 8.22. The average Bonchev–Trinajstić information content (AvgIpc) is 3.05. The smallest absolute Gasteiger partial charge is 0.161 e. The standard InChI is InChI=1S/C19H29NO4/c1-2-23-18-7-3-4-8-19(18)24-13-11-20-10-5-6-16(20)15-14-22-12-9-17(15)21/h3-4,7-8,15-17,21H,2,5-6,9-14H2,1H3/t15-,16+,17-/m0/s1. The van der Waals surface area contributed by atoms with Crippen molar-refractivity contribution in [1.82, 2.24) is 4.90 Å². The number of likely N-dealkylation sites (tertiary alicyclic amines) is 1. The molecule has 0 spiro atoms. The Bertz CT molecular complexity index is 510. The molecule has 1 aromatic carbocycles. The Hall–Kier alpha value is -1.30. The molecule has 2 aliphatic rings. The van der Waals surface area contributed by atoms with Crippen molar-refractivity contribution < 1.29 is 19.3 Å². The lowest BCUT2D eigenvalue weighted by Crippen LogP contribution is -2.47. The van der Waals surface area contributed by atoms with Gasteiger partial charge in [-0.15, -0.1) is 0 Å². The summed E-state index contributed by atoms with van der Waals surface area (Å²) < 4.78 is 17.2. The van der Waals surface area contributed by atoms with Gasteiger partial charge in [0.25, 0.3) is 0 Å². The molecule has 0 unspecified atom stereocenters. The van der Waals surface area contributed by atoms with E-state index in [4.69, 9.17) is 14.2 Å². The summed E-state index contributed by atoms with van der Waals surface area (Å²) >= 11 is 0. The van der Waals surface area contributed by atoms with Gasteiger partial charge in [0.15, 0.2) is 11.5 Å². The molecule has 0 saturated carbocycles. The topological polar surface area (TPSA) is 51.2 Å². The molecule has 0 bridgehead atoms. The van der Waals surface area contributed by atoms with Gasteiger partial charge in [-0.3, -0.25) is 4.90 Å². The molecule has 5 nitrogen and oxygen atoms in total. The second kappa shape index (κ2) is 8.70. The third-order valence-electron chi connectivity index (χ3n) is 5.06. The Morgan fingerprint density at radius 1 is 1.21 bits per heavy atom. The van der Waals surface area contributed by atoms with Crippen LogP contribution in [0.1, 0.15) is 26.2 Å². The Labute approximate surface area is 144 Å². The van der Waals surface area contributed by atoms with E-state index in [-0.39, 0.29) is 12.0 Å².